The Labute approximate surface area is 160 Å². The number of nitrogens with zero attached hydrogens (tertiary/aromatic N) is 2. The van der Waals surface area contributed by atoms with Crippen molar-refractivity contribution in [2.45, 2.75) is 26.2 Å². The summed E-state index contributed by atoms with van der Waals surface area (Å²) in [6, 6.07) is 7.86. The van der Waals surface area contributed by atoms with Gasteiger partial charge in [-0.05, 0) is 12.1 Å². The van der Waals surface area contributed by atoms with Crippen LogP contribution in [0.4, 0.5) is 5.88 Å². The fourth-order valence-corrected chi connectivity index (χ4v) is 2.56. The molecule has 2 heterocycles. The van der Waals surface area contributed by atoms with Crippen molar-refractivity contribution in [3.8, 4) is 0 Å². The number of hydrogen-bond donors (Lipinski definition) is 1. The molecule has 0 saturated heterocycles. The van der Waals surface area contributed by atoms with Crippen LogP contribution >= 0.6 is 0 Å². The van der Waals surface area contributed by atoms with Crippen LogP contribution in [0.5, 0.6) is 0 Å². The monoisotopic (exact) mass is 385 g/mol. The number of fused-ring (bicyclic) bond motifs is 1. The largest absolute Gasteiger partial charge is 0.454 e. The number of esters is 1. The smallest absolute Gasteiger partial charge is 0.326 e. The standard InChI is InChI=1S/C19H19N3O6/c1-19(2,3)13-8-15(28-21-13)20-14(23)10-27-16(24)9-22-17(25)11-6-4-5-7-12(11)18(22)26/h4-8H,9-10H2,1-3H3,(H,20,23). The highest BCUT2D eigenvalue weighted by Gasteiger charge is 2.36. The molecule has 1 aliphatic rings. The van der Waals surface area contributed by atoms with Crippen LogP contribution in [0.1, 0.15) is 47.2 Å². The third-order valence-electron chi connectivity index (χ3n) is 4.07. The van der Waals surface area contributed by atoms with Gasteiger partial charge >= 0.3 is 5.97 Å². The molecule has 0 bridgehead atoms. The zero-order chi connectivity index (χ0) is 20.5. The number of anilines is 1. The van der Waals surface area contributed by atoms with Crippen molar-refractivity contribution in [1.82, 2.24) is 10.1 Å². The molecule has 0 unspecified atom stereocenters. The molecule has 2 aromatic rings. The normalized spacial score (nSPS) is 13.5. The van der Waals surface area contributed by atoms with Gasteiger partial charge in [-0.2, -0.15) is 0 Å². The molecule has 28 heavy (non-hydrogen) atoms. The second-order valence-corrected chi connectivity index (χ2v) is 7.28. The molecule has 0 fully saturated rings. The molecule has 1 aromatic carbocycles. The number of amides is 3. The van der Waals surface area contributed by atoms with E-state index in [0.717, 1.165) is 4.90 Å². The Bertz CT molecular complexity index is 922. The molecule has 1 aliphatic heterocycles. The van der Waals surface area contributed by atoms with Gasteiger partial charge < -0.3 is 9.26 Å². The van der Waals surface area contributed by atoms with E-state index in [2.05, 4.69) is 10.5 Å². The molecule has 3 rings (SSSR count). The van der Waals surface area contributed by atoms with Gasteiger partial charge in [0.1, 0.15) is 6.54 Å². The average Bonchev–Trinajstić information content (AvgIpc) is 3.20. The van der Waals surface area contributed by atoms with E-state index in [1.165, 1.54) is 12.1 Å². The fourth-order valence-electron chi connectivity index (χ4n) is 2.56. The third-order valence-corrected chi connectivity index (χ3v) is 4.07. The summed E-state index contributed by atoms with van der Waals surface area (Å²) in [6.45, 7) is 4.66. The van der Waals surface area contributed by atoms with Gasteiger partial charge in [-0.3, -0.25) is 29.4 Å². The Morgan fingerprint density at radius 1 is 1.14 bits per heavy atom. The zero-order valence-electron chi connectivity index (χ0n) is 15.6. The van der Waals surface area contributed by atoms with E-state index in [9.17, 15) is 19.2 Å². The molecule has 1 N–H and O–H groups in total. The van der Waals surface area contributed by atoms with E-state index in [1.807, 2.05) is 20.8 Å². The van der Waals surface area contributed by atoms with E-state index >= 15 is 0 Å². The second-order valence-electron chi connectivity index (χ2n) is 7.28. The van der Waals surface area contributed by atoms with E-state index in [0.29, 0.717) is 5.69 Å². The summed E-state index contributed by atoms with van der Waals surface area (Å²) in [5.41, 5.74) is 0.882. The van der Waals surface area contributed by atoms with E-state index in [-0.39, 0.29) is 22.4 Å². The summed E-state index contributed by atoms with van der Waals surface area (Å²) in [5.74, 6) is -2.52. The van der Waals surface area contributed by atoms with Crippen molar-refractivity contribution in [2.75, 3.05) is 18.5 Å². The lowest BCUT2D eigenvalue weighted by Gasteiger charge is -2.13. The summed E-state index contributed by atoms with van der Waals surface area (Å²) in [4.78, 5) is 49.0. The third kappa shape index (κ3) is 3.93. The van der Waals surface area contributed by atoms with Crippen molar-refractivity contribution in [1.29, 1.82) is 0 Å². The highest BCUT2D eigenvalue weighted by Crippen LogP contribution is 2.24. The van der Waals surface area contributed by atoms with Crippen LogP contribution in [0.2, 0.25) is 0 Å². The molecule has 0 spiro atoms. The number of hydrogen-bond acceptors (Lipinski definition) is 7. The van der Waals surface area contributed by atoms with Gasteiger partial charge in [-0.15, -0.1) is 0 Å². The van der Waals surface area contributed by atoms with Crippen LogP contribution in [0, 0.1) is 0 Å². The Balaban J connectivity index is 1.51. The summed E-state index contributed by atoms with van der Waals surface area (Å²) in [6.07, 6.45) is 0. The van der Waals surface area contributed by atoms with Gasteiger partial charge in [0.25, 0.3) is 17.7 Å². The molecular formula is C19H19N3O6. The van der Waals surface area contributed by atoms with Crippen LogP contribution in [0.25, 0.3) is 0 Å². The van der Waals surface area contributed by atoms with Gasteiger partial charge in [0.2, 0.25) is 5.88 Å². The Morgan fingerprint density at radius 2 is 1.75 bits per heavy atom. The maximum Gasteiger partial charge on any atom is 0.326 e. The van der Waals surface area contributed by atoms with Gasteiger partial charge in [0, 0.05) is 11.5 Å². The maximum absolute atomic E-state index is 12.2. The first-order valence-electron chi connectivity index (χ1n) is 8.54. The molecule has 1 aromatic heterocycles. The van der Waals surface area contributed by atoms with Gasteiger partial charge in [-0.1, -0.05) is 38.1 Å². The predicted octanol–water partition coefficient (Wildman–Crippen LogP) is 1.75. The van der Waals surface area contributed by atoms with Crippen LogP contribution in [0.3, 0.4) is 0 Å². The van der Waals surface area contributed by atoms with Crippen molar-refractivity contribution < 1.29 is 28.4 Å². The number of ether oxygens (including phenoxy) is 1. The minimum absolute atomic E-state index is 0.131. The topological polar surface area (TPSA) is 119 Å². The van der Waals surface area contributed by atoms with E-state index in [4.69, 9.17) is 9.26 Å². The number of aromatic nitrogens is 1. The molecular weight excluding hydrogens is 366 g/mol. The molecule has 0 saturated carbocycles. The van der Waals surface area contributed by atoms with Gasteiger partial charge in [0.15, 0.2) is 6.61 Å². The van der Waals surface area contributed by atoms with Crippen molar-refractivity contribution in [2.24, 2.45) is 0 Å². The van der Waals surface area contributed by atoms with Crippen LogP contribution in [-0.2, 0) is 19.7 Å². The minimum atomic E-state index is -0.877. The van der Waals surface area contributed by atoms with Gasteiger partial charge in [0.05, 0.1) is 16.8 Å². The lowest BCUT2D eigenvalue weighted by Crippen LogP contribution is -2.36. The maximum atomic E-state index is 12.2. The highest BCUT2D eigenvalue weighted by molar-refractivity contribution is 6.22. The quantitative estimate of drug-likeness (QED) is 0.615. The SMILES string of the molecule is CC(C)(C)c1cc(NC(=O)COC(=O)CN2C(=O)c3ccccc3C2=O)on1. The number of nitrogens with one attached hydrogen (secondary N) is 1. The van der Waals surface area contributed by atoms with E-state index in [1.54, 1.807) is 18.2 Å². The number of rotatable bonds is 5. The average molecular weight is 385 g/mol. The molecule has 0 atom stereocenters. The second kappa shape index (κ2) is 7.26. The lowest BCUT2D eigenvalue weighted by molar-refractivity contribution is -0.147. The first-order valence-corrected chi connectivity index (χ1v) is 8.54. The molecule has 3 amide bonds. The molecule has 9 nitrogen and oxygen atoms in total. The molecule has 9 heteroatoms. The van der Waals surface area contributed by atoms with Crippen molar-refractivity contribution >= 4 is 29.6 Å². The van der Waals surface area contributed by atoms with Crippen molar-refractivity contribution in [3.63, 3.8) is 0 Å². The highest BCUT2D eigenvalue weighted by atomic mass is 16.5. The summed E-state index contributed by atoms with van der Waals surface area (Å²) >= 11 is 0. The van der Waals surface area contributed by atoms with Crippen molar-refractivity contribution in [3.05, 3.63) is 47.2 Å². The van der Waals surface area contributed by atoms with E-state index < -0.39 is 36.8 Å². The van der Waals surface area contributed by atoms with Gasteiger partial charge in [-0.25, -0.2) is 0 Å². The first-order chi connectivity index (χ1) is 13.2. The summed E-state index contributed by atoms with van der Waals surface area (Å²) in [5, 5.41) is 6.28. The van der Waals surface area contributed by atoms with Crippen LogP contribution in [0.15, 0.2) is 34.9 Å². The zero-order valence-corrected chi connectivity index (χ0v) is 15.6. The minimum Gasteiger partial charge on any atom is -0.454 e. The Kier molecular flexibility index (Phi) is 5.00. The summed E-state index contributed by atoms with van der Waals surface area (Å²) in [7, 11) is 0. The first kappa shape index (κ1) is 19.3. The number of imide groups is 1. The lowest BCUT2D eigenvalue weighted by atomic mass is 9.92. The Hall–Kier alpha value is -3.49. The number of carbonyl (C=O) groups excluding carboxylic acids is 4. The molecule has 0 aliphatic carbocycles. The predicted molar refractivity (Wildman–Crippen MR) is 96.6 cm³/mol. The van der Waals surface area contributed by atoms with Crippen LogP contribution < -0.4 is 5.32 Å². The summed E-state index contributed by atoms with van der Waals surface area (Å²) < 4.78 is 9.87. The number of benzene rings is 1. The van der Waals surface area contributed by atoms with Crippen LogP contribution in [-0.4, -0.2) is 46.9 Å². The fraction of sp³-hybridized carbons (Fsp3) is 0.316. The molecule has 146 valence electrons. The number of carbonyl (C=O) groups is 4. The molecule has 0 radical (unpaired) electrons. The Morgan fingerprint density at radius 3 is 2.29 bits per heavy atom.